The first-order chi connectivity index (χ1) is 13.8. The summed E-state index contributed by atoms with van der Waals surface area (Å²) in [6.45, 7) is 1.40. The Morgan fingerprint density at radius 3 is 2.76 bits per heavy atom. The van der Waals surface area contributed by atoms with Crippen LogP contribution in [0, 0.1) is 15.0 Å². The van der Waals surface area contributed by atoms with E-state index in [1.807, 2.05) is 0 Å². The van der Waals surface area contributed by atoms with Crippen molar-refractivity contribution in [3.8, 4) is 5.75 Å². The van der Waals surface area contributed by atoms with E-state index < -0.39 is 28.6 Å². The lowest BCUT2D eigenvalue weighted by atomic mass is 9.84. The molecule has 3 aromatic rings. The number of fused-ring (bicyclic) bond motifs is 2. The lowest BCUT2D eigenvalue weighted by molar-refractivity contribution is -0.385. The number of aliphatic hydroxyl groups is 1. The Morgan fingerprint density at radius 1 is 1.34 bits per heavy atom. The third-order valence-corrected chi connectivity index (χ3v) is 5.38. The van der Waals surface area contributed by atoms with E-state index in [1.54, 1.807) is 24.3 Å². The van der Waals surface area contributed by atoms with Crippen molar-refractivity contribution in [1.82, 2.24) is 4.57 Å². The molecule has 2 aromatic carbocycles. The van der Waals surface area contributed by atoms with E-state index in [2.05, 4.69) is 0 Å². The number of esters is 1. The number of nitrogens with zero attached hydrogens (tertiary/aromatic N) is 2. The quantitative estimate of drug-likeness (QED) is 0.299. The van der Waals surface area contributed by atoms with Crippen LogP contribution in [0.1, 0.15) is 18.5 Å². The molecular weight excluding hydrogens is 400 g/mol. The van der Waals surface area contributed by atoms with Crippen LogP contribution in [0.25, 0.3) is 11.1 Å². The summed E-state index contributed by atoms with van der Waals surface area (Å²) < 4.78 is 17.8. The first-order valence-electron chi connectivity index (χ1n) is 8.62. The Labute approximate surface area is 169 Å². The second-order valence-corrected chi connectivity index (χ2v) is 7.12. The number of para-hydroxylation sites is 2. The van der Waals surface area contributed by atoms with Gasteiger partial charge in [0.25, 0.3) is 10.5 Å². The molecule has 1 aliphatic rings. The van der Waals surface area contributed by atoms with Gasteiger partial charge in [0, 0.05) is 17.7 Å². The van der Waals surface area contributed by atoms with Crippen molar-refractivity contribution in [3.05, 3.63) is 63.0 Å². The van der Waals surface area contributed by atoms with Gasteiger partial charge in [-0.25, -0.2) is 4.79 Å². The second kappa shape index (κ2) is 6.68. The number of carbonyl (C=O) groups is 1. The van der Waals surface area contributed by atoms with Gasteiger partial charge in [-0.05, 0) is 37.3 Å². The molecule has 1 aromatic heterocycles. The highest BCUT2D eigenvalue weighted by Gasteiger charge is 2.54. The molecule has 10 heteroatoms. The predicted molar refractivity (Wildman–Crippen MR) is 103 cm³/mol. The monoisotopic (exact) mass is 416 g/mol. The molecule has 0 spiro atoms. The number of carbonyl (C=O) groups excluding carboxylic acids is 1. The molecule has 1 aliphatic heterocycles. The molecule has 29 heavy (non-hydrogen) atoms. The molecule has 9 nitrogen and oxygen atoms in total. The Kier molecular flexibility index (Phi) is 4.39. The molecule has 150 valence electrons. The normalized spacial score (nSPS) is 23.3. The molecule has 0 saturated heterocycles. The Morgan fingerprint density at radius 2 is 2.07 bits per heavy atom. The summed E-state index contributed by atoms with van der Waals surface area (Å²) in [6.07, 6.45) is -1.47. The molecule has 0 saturated carbocycles. The number of aromatic nitrogens is 1. The number of methoxy groups -OCH3 is 1. The minimum absolute atomic E-state index is 0.0434. The molecule has 0 aliphatic carbocycles. The van der Waals surface area contributed by atoms with Crippen molar-refractivity contribution in [1.29, 1.82) is 0 Å². The largest absolute Gasteiger partial charge is 0.473 e. The summed E-state index contributed by atoms with van der Waals surface area (Å²) in [7, 11) is 1.18. The number of oxazole rings is 1. The highest BCUT2D eigenvalue weighted by Crippen LogP contribution is 2.45. The van der Waals surface area contributed by atoms with E-state index in [0.29, 0.717) is 16.7 Å². The number of aliphatic hydroxyl groups excluding tert-OH is 1. The van der Waals surface area contributed by atoms with E-state index in [-0.39, 0.29) is 16.3 Å². The molecule has 1 N–H and O–H groups in total. The van der Waals surface area contributed by atoms with E-state index in [0.717, 1.165) is 0 Å². The fourth-order valence-electron chi connectivity index (χ4n) is 3.63. The van der Waals surface area contributed by atoms with Crippen molar-refractivity contribution < 1.29 is 28.7 Å². The second-order valence-electron chi connectivity index (χ2n) is 6.78. The molecule has 0 radical (unpaired) electrons. The molecule has 3 atom stereocenters. The van der Waals surface area contributed by atoms with Crippen LogP contribution in [0.4, 0.5) is 5.69 Å². The molecule has 4 rings (SSSR count). The number of nitro benzene ring substituents is 1. The average molecular weight is 416 g/mol. The van der Waals surface area contributed by atoms with Crippen LogP contribution in [0.3, 0.4) is 0 Å². The zero-order valence-corrected chi connectivity index (χ0v) is 16.2. The van der Waals surface area contributed by atoms with Crippen LogP contribution in [-0.4, -0.2) is 39.4 Å². The highest BCUT2D eigenvalue weighted by atomic mass is 32.1. The number of hydrogen-bond donors (Lipinski definition) is 1. The van der Waals surface area contributed by atoms with Crippen molar-refractivity contribution in [2.45, 2.75) is 24.7 Å². The lowest BCUT2D eigenvalue weighted by Gasteiger charge is -2.42. The molecule has 0 bridgehead atoms. The van der Waals surface area contributed by atoms with Gasteiger partial charge in [-0.15, -0.1) is 0 Å². The summed E-state index contributed by atoms with van der Waals surface area (Å²) >= 11 is 5.36. The first kappa shape index (κ1) is 19.1. The van der Waals surface area contributed by atoms with Gasteiger partial charge >= 0.3 is 5.97 Å². The Hall–Kier alpha value is -3.24. The summed E-state index contributed by atoms with van der Waals surface area (Å²) in [6, 6.07) is 9.94. The van der Waals surface area contributed by atoms with E-state index in [4.69, 9.17) is 26.1 Å². The number of ether oxygens (including phenoxy) is 2. The van der Waals surface area contributed by atoms with Gasteiger partial charge in [-0.1, -0.05) is 12.1 Å². The van der Waals surface area contributed by atoms with Crippen LogP contribution in [0.5, 0.6) is 5.75 Å². The van der Waals surface area contributed by atoms with Gasteiger partial charge in [-0.2, -0.15) is 0 Å². The van der Waals surface area contributed by atoms with Crippen molar-refractivity contribution in [2.75, 3.05) is 7.11 Å². The maximum atomic E-state index is 12.5. The minimum atomic E-state index is -1.77. The maximum Gasteiger partial charge on any atom is 0.352 e. The predicted octanol–water partition coefficient (Wildman–Crippen LogP) is 3.15. The van der Waals surface area contributed by atoms with Crippen LogP contribution < -0.4 is 4.74 Å². The smallest absolute Gasteiger partial charge is 0.352 e. The van der Waals surface area contributed by atoms with Crippen molar-refractivity contribution in [2.24, 2.45) is 0 Å². The fraction of sp³-hybridized carbons (Fsp3) is 0.263. The third-order valence-electron chi connectivity index (χ3n) is 5.10. The number of non-ortho nitro benzene ring substituents is 1. The number of benzene rings is 2. The first-order valence-corrected chi connectivity index (χ1v) is 9.02. The highest BCUT2D eigenvalue weighted by molar-refractivity contribution is 7.71. The molecule has 0 unspecified atom stereocenters. The Bertz CT molecular complexity index is 1200. The number of rotatable bonds is 3. The van der Waals surface area contributed by atoms with Crippen LogP contribution >= 0.6 is 12.2 Å². The topological polar surface area (TPSA) is 117 Å². The summed E-state index contributed by atoms with van der Waals surface area (Å²) in [5, 5.41) is 22.5. The molecule has 0 fully saturated rings. The van der Waals surface area contributed by atoms with E-state index in [1.165, 1.54) is 36.8 Å². The van der Waals surface area contributed by atoms with Gasteiger partial charge in [0.1, 0.15) is 11.9 Å². The number of nitro groups is 1. The third kappa shape index (κ3) is 2.79. The lowest BCUT2D eigenvalue weighted by Crippen LogP contribution is -2.58. The van der Waals surface area contributed by atoms with E-state index >= 15 is 0 Å². The van der Waals surface area contributed by atoms with Crippen LogP contribution in [0.15, 0.2) is 46.9 Å². The van der Waals surface area contributed by atoms with Crippen molar-refractivity contribution in [3.63, 3.8) is 0 Å². The molecular formula is C19H16N2O7S. The SMILES string of the molecule is COC(=O)[C@]1(C)Oc2ccc([N+](=O)[O-])cc2[C@@H](n2c(=S)oc3ccccc32)[C@H]1O. The average Bonchev–Trinajstić information content (AvgIpc) is 3.03. The van der Waals surface area contributed by atoms with Gasteiger partial charge in [0.15, 0.2) is 5.58 Å². The summed E-state index contributed by atoms with van der Waals surface area (Å²) in [5.74, 6) is -0.593. The van der Waals surface area contributed by atoms with Gasteiger partial charge in [0.05, 0.1) is 23.6 Å². The summed E-state index contributed by atoms with van der Waals surface area (Å²) in [4.78, 5) is 23.3. The van der Waals surface area contributed by atoms with Gasteiger partial charge in [0.2, 0.25) is 5.60 Å². The maximum absolute atomic E-state index is 12.5. The molecule has 0 amide bonds. The standard InChI is InChI=1S/C19H16N2O7S/c1-19(17(23)26-2)16(22)15(11-9-10(21(24)25)7-8-13(11)28-19)20-12-5-3-4-6-14(12)27-18(20)29/h3-9,15-16,22H,1-2H3/t15-,16-,19-/m1/s1. The minimum Gasteiger partial charge on any atom is -0.473 e. The van der Waals surface area contributed by atoms with Crippen LogP contribution in [-0.2, 0) is 9.53 Å². The fourth-order valence-corrected chi connectivity index (χ4v) is 3.93. The zero-order valence-electron chi connectivity index (χ0n) is 15.4. The van der Waals surface area contributed by atoms with Crippen LogP contribution in [0.2, 0.25) is 0 Å². The zero-order chi connectivity index (χ0) is 20.9. The van der Waals surface area contributed by atoms with Gasteiger partial charge < -0.3 is 19.0 Å². The summed E-state index contributed by atoms with van der Waals surface area (Å²) in [5.41, 5.74) is -0.618. The van der Waals surface area contributed by atoms with E-state index in [9.17, 15) is 20.0 Å². The van der Waals surface area contributed by atoms with Crippen molar-refractivity contribution >= 4 is 35.0 Å². The molecule has 2 heterocycles. The van der Waals surface area contributed by atoms with Gasteiger partial charge in [-0.3, -0.25) is 14.7 Å². The number of hydrogen-bond acceptors (Lipinski definition) is 8. The Balaban J connectivity index is 2.03.